The molecule has 0 saturated carbocycles. The highest BCUT2D eigenvalue weighted by molar-refractivity contribution is 5.94. The summed E-state index contributed by atoms with van der Waals surface area (Å²) in [4.78, 5) is 15.2. The molecule has 1 aromatic rings. The highest BCUT2D eigenvalue weighted by Gasteiger charge is 2.42. The Morgan fingerprint density at radius 3 is 2.58 bits per heavy atom. The number of aliphatic hydroxyl groups excluding tert-OH is 1. The van der Waals surface area contributed by atoms with Crippen LogP contribution in [0.15, 0.2) is 71.2 Å². The molecule has 0 radical (unpaired) electrons. The second kappa shape index (κ2) is 11.4. The molecule has 1 aromatic carbocycles. The van der Waals surface area contributed by atoms with Crippen LogP contribution < -0.4 is 11.1 Å². The topological polar surface area (TPSA) is 97.1 Å². The van der Waals surface area contributed by atoms with E-state index < -0.39 is 30.6 Å². The Labute approximate surface area is 222 Å². The van der Waals surface area contributed by atoms with Crippen molar-refractivity contribution >= 4 is 5.91 Å². The molecular weight excluding hydrogens is 492 g/mol. The van der Waals surface area contributed by atoms with Gasteiger partial charge in [0.2, 0.25) is 0 Å². The molecular formula is C29H37F2N3O4. The minimum absolute atomic E-state index is 0.134. The average Bonchev–Trinajstić information content (AvgIpc) is 3.23. The SMILES string of the molecule is CN1C(C(=O)NCc2ccc(F)cc2)=C([C@@H](N)COC(C)(C)C)OC1C1=C2C=CC(CF)CC2C(O)C=C1. The summed E-state index contributed by atoms with van der Waals surface area (Å²) < 4.78 is 38.9. The smallest absolute Gasteiger partial charge is 0.271 e. The predicted octanol–water partition coefficient (Wildman–Crippen LogP) is 3.47. The van der Waals surface area contributed by atoms with E-state index in [1.165, 1.54) is 12.1 Å². The van der Waals surface area contributed by atoms with Crippen LogP contribution >= 0.6 is 0 Å². The standard InChI is InChI=1S/C29H37F2N3O4/c1-29(2,3)37-16-23(32)26-25(27(36)33-15-17-5-8-19(31)9-6-17)34(4)28(38-26)21-11-12-24(35)22-13-18(14-30)7-10-20(21)22/h5-12,18,22-24,28,35H,13-16,32H2,1-4H3,(H,33,36)/t18?,22?,23-,24?,28?/m0/s1. The molecule has 0 spiro atoms. The lowest BCUT2D eigenvalue weighted by Crippen LogP contribution is -2.38. The fourth-order valence-corrected chi connectivity index (χ4v) is 4.94. The number of nitrogens with two attached hydrogens (primary N) is 1. The van der Waals surface area contributed by atoms with Gasteiger partial charge < -0.3 is 30.5 Å². The number of fused-ring (bicyclic) bond motifs is 1. The third-order valence-electron chi connectivity index (χ3n) is 6.98. The quantitative estimate of drug-likeness (QED) is 0.477. The number of amides is 1. The normalized spacial score (nSPS) is 25.9. The van der Waals surface area contributed by atoms with Gasteiger partial charge in [-0.1, -0.05) is 36.4 Å². The molecule has 0 aromatic heterocycles. The van der Waals surface area contributed by atoms with Gasteiger partial charge in [-0.25, -0.2) is 4.39 Å². The summed E-state index contributed by atoms with van der Waals surface area (Å²) in [5.74, 6) is -0.967. The highest BCUT2D eigenvalue weighted by atomic mass is 19.1. The predicted molar refractivity (Wildman–Crippen MR) is 140 cm³/mol. The molecule has 4 N–H and O–H groups in total. The largest absolute Gasteiger partial charge is 0.466 e. The molecule has 4 unspecified atom stereocenters. The number of allylic oxidation sites excluding steroid dienone is 2. The highest BCUT2D eigenvalue weighted by Crippen LogP contribution is 2.41. The van der Waals surface area contributed by atoms with Crippen LogP contribution in [0.4, 0.5) is 8.78 Å². The number of carbonyl (C=O) groups is 1. The lowest BCUT2D eigenvalue weighted by atomic mass is 9.75. The van der Waals surface area contributed by atoms with Crippen LogP contribution in [-0.2, 0) is 20.8 Å². The first kappa shape index (κ1) is 28.0. The summed E-state index contributed by atoms with van der Waals surface area (Å²) in [5.41, 5.74) is 8.70. The van der Waals surface area contributed by atoms with Crippen molar-refractivity contribution in [1.82, 2.24) is 10.2 Å². The third-order valence-corrected chi connectivity index (χ3v) is 6.98. The number of benzene rings is 1. The van der Waals surface area contributed by atoms with Gasteiger partial charge in [0.25, 0.3) is 5.91 Å². The van der Waals surface area contributed by atoms with Crippen molar-refractivity contribution in [3.05, 3.63) is 82.6 Å². The van der Waals surface area contributed by atoms with Crippen molar-refractivity contribution in [2.45, 2.75) is 57.7 Å². The number of hydrogen-bond donors (Lipinski definition) is 3. The van der Waals surface area contributed by atoms with Gasteiger partial charge in [0, 0.05) is 31.0 Å². The number of ether oxygens (including phenoxy) is 2. The molecule has 5 atom stereocenters. The second-order valence-corrected chi connectivity index (χ2v) is 11.0. The minimum Gasteiger partial charge on any atom is -0.466 e. The van der Waals surface area contributed by atoms with E-state index >= 15 is 0 Å². The number of rotatable bonds is 8. The molecule has 9 heteroatoms. The number of alkyl halides is 1. The molecule has 7 nitrogen and oxygen atoms in total. The number of aliphatic hydroxyl groups is 1. The van der Waals surface area contributed by atoms with Crippen molar-refractivity contribution in [1.29, 1.82) is 0 Å². The van der Waals surface area contributed by atoms with Gasteiger partial charge in [0.05, 0.1) is 31.0 Å². The molecule has 206 valence electrons. The summed E-state index contributed by atoms with van der Waals surface area (Å²) in [5, 5.41) is 13.5. The van der Waals surface area contributed by atoms with Crippen LogP contribution in [0.2, 0.25) is 0 Å². The van der Waals surface area contributed by atoms with Crippen LogP contribution in [-0.4, -0.2) is 60.2 Å². The zero-order chi connectivity index (χ0) is 27.6. The van der Waals surface area contributed by atoms with E-state index in [2.05, 4.69) is 5.32 Å². The molecule has 3 aliphatic rings. The van der Waals surface area contributed by atoms with E-state index in [1.807, 2.05) is 32.9 Å². The average molecular weight is 530 g/mol. The second-order valence-electron chi connectivity index (χ2n) is 11.0. The van der Waals surface area contributed by atoms with E-state index in [-0.39, 0.29) is 42.4 Å². The van der Waals surface area contributed by atoms with Gasteiger partial charge in [0.15, 0.2) is 6.23 Å². The van der Waals surface area contributed by atoms with Crippen molar-refractivity contribution in [2.24, 2.45) is 17.6 Å². The molecule has 1 heterocycles. The Hall–Kier alpha value is -3.01. The summed E-state index contributed by atoms with van der Waals surface area (Å²) in [6.07, 6.45) is 6.23. The number of likely N-dealkylation sites (N-methyl/N-ethyl adjacent to an activating group) is 1. The first-order chi connectivity index (χ1) is 18.0. The van der Waals surface area contributed by atoms with Crippen LogP contribution in [0.3, 0.4) is 0 Å². The van der Waals surface area contributed by atoms with Gasteiger partial charge >= 0.3 is 0 Å². The fourth-order valence-electron chi connectivity index (χ4n) is 4.94. The zero-order valence-corrected chi connectivity index (χ0v) is 22.3. The van der Waals surface area contributed by atoms with E-state index in [0.717, 1.165) is 16.7 Å². The van der Waals surface area contributed by atoms with Crippen molar-refractivity contribution < 1.29 is 28.2 Å². The summed E-state index contributed by atoms with van der Waals surface area (Å²) >= 11 is 0. The number of nitrogens with zero attached hydrogens (tertiary/aromatic N) is 1. The Morgan fingerprint density at radius 2 is 1.92 bits per heavy atom. The van der Waals surface area contributed by atoms with E-state index in [9.17, 15) is 18.7 Å². The van der Waals surface area contributed by atoms with E-state index in [1.54, 1.807) is 36.2 Å². The number of nitrogens with one attached hydrogen (secondary N) is 1. The monoisotopic (exact) mass is 529 g/mol. The molecule has 0 bridgehead atoms. The van der Waals surface area contributed by atoms with Crippen molar-refractivity contribution in [3.8, 4) is 0 Å². The molecule has 0 fully saturated rings. The van der Waals surface area contributed by atoms with Gasteiger partial charge in [-0.2, -0.15) is 0 Å². The minimum atomic E-state index is -0.729. The van der Waals surface area contributed by atoms with Crippen molar-refractivity contribution in [3.63, 3.8) is 0 Å². The molecule has 0 saturated heterocycles. The Bertz CT molecular complexity index is 1150. The fraction of sp³-hybridized carbons (Fsp3) is 0.483. The molecule has 38 heavy (non-hydrogen) atoms. The first-order valence-electron chi connectivity index (χ1n) is 12.9. The maximum absolute atomic E-state index is 13.5. The maximum Gasteiger partial charge on any atom is 0.271 e. The van der Waals surface area contributed by atoms with Crippen LogP contribution in [0.25, 0.3) is 0 Å². The van der Waals surface area contributed by atoms with Gasteiger partial charge in [0.1, 0.15) is 17.3 Å². The lowest BCUT2D eigenvalue weighted by molar-refractivity contribution is -0.119. The van der Waals surface area contributed by atoms with Crippen LogP contribution in [0.5, 0.6) is 0 Å². The Morgan fingerprint density at radius 1 is 1.24 bits per heavy atom. The van der Waals surface area contributed by atoms with Gasteiger partial charge in [-0.3, -0.25) is 9.18 Å². The summed E-state index contributed by atoms with van der Waals surface area (Å²) in [7, 11) is 1.75. The number of hydrogen-bond acceptors (Lipinski definition) is 6. The third kappa shape index (κ3) is 6.17. The maximum atomic E-state index is 13.5. The first-order valence-corrected chi connectivity index (χ1v) is 12.9. The molecule has 4 rings (SSSR count). The molecule has 2 aliphatic carbocycles. The van der Waals surface area contributed by atoms with Crippen LogP contribution in [0.1, 0.15) is 32.8 Å². The number of halogens is 2. The Balaban J connectivity index is 1.63. The van der Waals surface area contributed by atoms with E-state index in [4.69, 9.17) is 15.2 Å². The molecule has 1 amide bonds. The lowest BCUT2D eigenvalue weighted by Gasteiger charge is -2.35. The van der Waals surface area contributed by atoms with Crippen LogP contribution in [0, 0.1) is 17.7 Å². The van der Waals surface area contributed by atoms with E-state index in [0.29, 0.717) is 12.2 Å². The van der Waals surface area contributed by atoms with Gasteiger partial charge in [-0.15, -0.1) is 0 Å². The summed E-state index contributed by atoms with van der Waals surface area (Å²) in [6.45, 7) is 5.59. The molecule has 1 aliphatic heterocycles. The van der Waals surface area contributed by atoms with Crippen molar-refractivity contribution in [2.75, 3.05) is 20.3 Å². The number of carbonyl (C=O) groups excluding carboxylic acids is 1. The zero-order valence-electron chi connectivity index (χ0n) is 22.3. The summed E-state index contributed by atoms with van der Waals surface area (Å²) in [6, 6.07) is 5.18. The Kier molecular flexibility index (Phi) is 8.40. The van der Waals surface area contributed by atoms with Gasteiger partial charge in [-0.05, 0) is 50.5 Å².